The fourth-order valence-corrected chi connectivity index (χ4v) is 3.03. The van der Waals surface area contributed by atoms with Crippen LogP contribution in [-0.2, 0) is 20.7 Å². The molecule has 1 amide bonds. The number of nitrogens with one attached hydrogen (secondary N) is 1. The van der Waals surface area contributed by atoms with Crippen molar-refractivity contribution in [2.45, 2.75) is 56.8 Å². The molecule has 0 aromatic heterocycles. The second-order valence-corrected chi connectivity index (χ2v) is 6.66. The number of carbonyl (C=O) groups excluding carboxylic acids is 1. The number of azide groups is 1. The standard InChI is InChI=1S/C18H26N4O5/c1-11(8-13-6-4-3-5-7-13)20-18(25)12(2)27-17-14(21-22-19)10-26-15(9-23)16(17)24/h3-7,11-12,14-17,23-24H,8-10H2,1-2H3,(H,20,25)/t11?,12?,14-,15-,16-,17-/m1/s1. The molecule has 9 nitrogen and oxygen atoms in total. The zero-order valence-corrected chi connectivity index (χ0v) is 15.4. The molecule has 0 bridgehead atoms. The van der Waals surface area contributed by atoms with Gasteiger partial charge in [-0.05, 0) is 31.4 Å². The van der Waals surface area contributed by atoms with Crippen LogP contribution in [-0.4, -0.2) is 65.8 Å². The molecule has 27 heavy (non-hydrogen) atoms. The van der Waals surface area contributed by atoms with Crippen molar-refractivity contribution in [3.8, 4) is 0 Å². The number of aliphatic hydroxyl groups is 2. The van der Waals surface area contributed by atoms with E-state index in [1.807, 2.05) is 37.3 Å². The summed E-state index contributed by atoms with van der Waals surface area (Å²) in [5, 5.41) is 26.0. The Kier molecular flexibility index (Phi) is 8.02. The Morgan fingerprint density at radius 2 is 2.15 bits per heavy atom. The van der Waals surface area contributed by atoms with Crippen LogP contribution in [0.2, 0.25) is 0 Å². The minimum atomic E-state index is -1.21. The van der Waals surface area contributed by atoms with Crippen molar-refractivity contribution in [1.82, 2.24) is 5.32 Å². The van der Waals surface area contributed by atoms with Crippen molar-refractivity contribution < 1.29 is 24.5 Å². The van der Waals surface area contributed by atoms with Crippen molar-refractivity contribution >= 4 is 5.91 Å². The third-order valence-corrected chi connectivity index (χ3v) is 4.46. The van der Waals surface area contributed by atoms with Gasteiger partial charge in [-0.25, -0.2) is 0 Å². The second-order valence-electron chi connectivity index (χ2n) is 6.66. The maximum Gasteiger partial charge on any atom is 0.249 e. The van der Waals surface area contributed by atoms with Crippen molar-refractivity contribution in [3.63, 3.8) is 0 Å². The van der Waals surface area contributed by atoms with Gasteiger partial charge in [0.25, 0.3) is 0 Å². The molecule has 3 N–H and O–H groups in total. The lowest BCUT2D eigenvalue weighted by molar-refractivity contribution is -0.187. The molecule has 1 saturated heterocycles. The van der Waals surface area contributed by atoms with E-state index in [-0.39, 0.29) is 18.6 Å². The molecule has 6 atom stereocenters. The van der Waals surface area contributed by atoms with Crippen molar-refractivity contribution in [3.05, 3.63) is 46.3 Å². The van der Waals surface area contributed by atoms with Gasteiger partial charge in [0.15, 0.2) is 0 Å². The number of nitrogens with zero attached hydrogens (tertiary/aromatic N) is 3. The summed E-state index contributed by atoms with van der Waals surface area (Å²) < 4.78 is 11.0. The average Bonchev–Trinajstić information content (AvgIpc) is 2.65. The van der Waals surface area contributed by atoms with Crippen LogP contribution in [0.1, 0.15) is 19.4 Å². The predicted molar refractivity (Wildman–Crippen MR) is 97.9 cm³/mol. The summed E-state index contributed by atoms with van der Waals surface area (Å²) in [4.78, 5) is 15.2. The Balaban J connectivity index is 1.95. The Labute approximate surface area is 157 Å². The van der Waals surface area contributed by atoms with E-state index in [1.54, 1.807) is 6.92 Å². The molecule has 2 unspecified atom stereocenters. The number of hydrogen-bond acceptors (Lipinski definition) is 6. The summed E-state index contributed by atoms with van der Waals surface area (Å²) in [6.45, 7) is 3.05. The zero-order chi connectivity index (χ0) is 19.8. The molecule has 1 fully saturated rings. The van der Waals surface area contributed by atoms with Gasteiger partial charge in [-0.3, -0.25) is 4.79 Å². The Bertz CT molecular complexity index is 652. The van der Waals surface area contributed by atoms with Crippen LogP contribution in [0.15, 0.2) is 35.4 Å². The highest BCUT2D eigenvalue weighted by Gasteiger charge is 2.41. The minimum Gasteiger partial charge on any atom is -0.394 e. The number of aliphatic hydroxyl groups excluding tert-OH is 2. The summed E-state index contributed by atoms with van der Waals surface area (Å²) in [7, 11) is 0. The van der Waals surface area contributed by atoms with E-state index in [9.17, 15) is 15.0 Å². The highest BCUT2D eigenvalue weighted by Crippen LogP contribution is 2.22. The number of ether oxygens (including phenoxy) is 2. The lowest BCUT2D eigenvalue weighted by atomic mass is 9.98. The van der Waals surface area contributed by atoms with Gasteiger partial charge in [-0.2, -0.15) is 0 Å². The van der Waals surface area contributed by atoms with E-state index < -0.39 is 37.1 Å². The largest absolute Gasteiger partial charge is 0.394 e. The van der Waals surface area contributed by atoms with Gasteiger partial charge in [-0.1, -0.05) is 35.4 Å². The van der Waals surface area contributed by atoms with Crippen molar-refractivity contribution in [2.75, 3.05) is 13.2 Å². The molecule has 0 aliphatic carbocycles. The van der Waals surface area contributed by atoms with Crippen LogP contribution in [0.4, 0.5) is 0 Å². The number of carbonyl (C=O) groups is 1. The molecule has 0 spiro atoms. The van der Waals surface area contributed by atoms with Gasteiger partial charge in [0, 0.05) is 11.0 Å². The molecule has 1 aromatic rings. The SMILES string of the molecule is CC(Cc1ccccc1)NC(=O)C(C)O[C@H]1[C@H](O)[C@@H](CO)OC[C@H]1N=[N+]=[N-]. The second kappa shape index (κ2) is 10.2. The topological polar surface area (TPSA) is 137 Å². The van der Waals surface area contributed by atoms with Crippen LogP contribution in [0, 0.1) is 0 Å². The van der Waals surface area contributed by atoms with Crippen molar-refractivity contribution in [2.24, 2.45) is 5.11 Å². The molecule has 0 radical (unpaired) electrons. The quantitative estimate of drug-likeness (QED) is 0.351. The van der Waals surface area contributed by atoms with E-state index >= 15 is 0 Å². The first-order valence-corrected chi connectivity index (χ1v) is 8.90. The number of hydrogen-bond donors (Lipinski definition) is 3. The van der Waals surface area contributed by atoms with E-state index in [0.717, 1.165) is 5.56 Å². The monoisotopic (exact) mass is 378 g/mol. The highest BCUT2D eigenvalue weighted by atomic mass is 16.6. The third-order valence-electron chi connectivity index (χ3n) is 4.46. The smallest absolute Gasteiger partial charge is 0.249 e. The van der Waals surface area contributed by atoms with E-state index in [0.29, 0.717) is 6.42 Å². The highest BCUT2D eigenvalue weighted by molar-refractivity contribution is 5.80. The number of amides is 1. The molecule has 1 aliphatic heterocycles. The molecular formula is C18H26N4O5. The molecule has 1 aliphatic rings. The Morgan fingerprint density at radius 1 is 1.44 bits per heavy atom. The minimum absolute atomic E-state index is 0.00420. The first-order chi connectivity index (χ1) is 13.0. The van der Waals surface area contributed by atoms with Crippen LogP contribution >= 0.6 is 0 Å². The van der Waals surface area contributed by atoms with Gasteiger partial charge < -0.3 is 25.0 Å². The summed E-state index contributed by atoms with van der Waals surface area (Å²) in [5.74, 6) is -0.336. The summed E-state index contributed by atoms with van der Waals surface area (Å²) in [6.07, 6.45) is -3.22. The van der Waals surface area contributed by atoms with Gasteiger partial charge in [0.05, 0.1) is 25.4 Å². The Hall–Kier alpha value is -2.16. The van der Waals surface area contributed by atoms with Crippen LogP contribution in [0.25, 0.3) is 10.4 Å². The summed E-state index contributed by atoms with van der Waals surface area (Å²) in [6, 6.07) is 8.89. The van der Waals surface area contributed by atoms with Gasteiger partial charge in [0.2, 0.25) is 5.91 Å². The van der Waals surface area contributed by atoms with Crippen LogP contribution in [0.3, 0.4) is 0 Å². The maximum absolute atomic E-state index is 12.4. The molecule has 2 rings (SSSR count). The van der Waals surface area contributed by atoms with Gasteiger partial charge in [-0.15, -0.1) is 0 Å². The summed E-state index contributed by atoms with van der Waals surface area (Å²) in [5.41, 5.74) is 9.79. The van der Waals surface area contributed by atoms with E-state index in [1.165, 1.54) is 0 Å². The zero-order valence-electron chi connectivity index (χ0n) is 15.4. The first-order valence-electron chi connectivity index (χ1n) is 8.90. The normalized spacial score (nSPS) is 27.3. The van der Waals surface area contributed by atoms with E-state index in [4.69, 9.17) is 15.0 Å². The molecule has 9 heteroatoms. The Morgan fingerprint density at radius 3 is 2.78 bits per heavy atom. The lowest BCUT2D eigenvalue weighted by Gasteiger charge is -2.38. The van der Waals surface area contributed by atoms with Crippen LogP contribution < -0.4 is 5.32 Å². The lowest BCUT2D eigenvalue weighted by Crippen LogP contribution is -2.56. The first kappa shape index (κ1) is 21.1. The van der Waals surface area contributed by atoms with Crippen molar-refractivity contribution in [1.29, 1.82) is 0 Å². The summed E-state index contributed by atoms with van der Waals surface area (Å²) >= 11 is 0. The maximum atomic E-state index is 12.4. The molecular weight excluding hydrogens is 352 g/mol. The molecule has 148 valence electrons. The van der Waals surface area contributed by atoms with Crippen LogP contribution in [0.5, 0.6) is 0 Å². The molecule has 1 aromatic carbocycles. The molecule has 1 heterocycles. The fraction of sp³-hybridized carbons (Fsp3) is 0.611. The average molecular weight is 378 g/mol. The number of benzene rings is 1. The van der Waals surface area contributed by atoms with E-state index in [2.05, 4.69) is 15.3 Å². The predicted octanol–water partition coefficient (Wildman–Crippen LogP) is 0.938. The third kappa shape index (κ3) is 5.92. The fourth-order valence-electron chi connectivity index (χ4n) is 3.03. The van der Waals surface area contributed by atoms with Gasteiger partial charge in [0.1, 0.15) is 18.3 Å². The number of rotatable bonds is 8. The van der Waals surface area contributed by atoms with Gasteiger partial charge >= 0.3 is 0 Å². The molecule has 0 saturated carbocycles.